The fourth-order valence-corrected chi connectivity index (χ4v) is 4.71. The van der Waals surface area contributed by atoms with Gasteiger partial charge in [-0.15, -0.1) is 0 Å². The van der Waals surface area contributed by atoms with Crippen LogP contribution in [0.15, 0.2) is 48.5 Å². The number of carbonyl (C=O) groups is 2. The third-order valence-electron chi connectivity index (χ3n) is 5.55. The van der Waals surface area contributed by atoms with Crippen molar-refractivity contribution in [3.63, 3.8) is 0 Å². The van der Waals surface area contributed by atoms with Crippen LogP contribution in [-0.2, 0) is 26.2 Å². The van der Waals surface area contributed by atoms with Crippen LogP contribution in [0.2, 0.25) is 5.02 Å². The van der Waals surface area contributed by atoms with E-state index in [9.17, 15) is 18.0 Å². The Balaban J connectivity index is 2.45. The molecule has 1 atom stereocenters. The van der Waals surface area contributed by atoms with Gasteiger partial charge in [0.1, 0.15) is 18.3 Å². The molecule has 0 aliphatic rings. The van der Waals surface area contributed by atoms with Crippen molar-refractivity contribution in [1.82, 2.24) is 10.2 Å². The summed E-state index contributed by atoms with van der Waals surface area (Å²) in [4.78, 5) is 28.1. The number of nitrogens with one attached hydrogen (secondary N) is 1. The number of benzene rings is 2. The van der Waals surface area contributed by atoms with Crippen LogP contribution < -0.4 is 14.4 Å². The Kier molecular flexibility index (Phi) is 10.9. The molecule has 35 heavy (non-hydrogen) atoms. The zero-order valence-corrected chi connectivity index (χ0v) is 22.2. The van der Waals surface area contributed by atoms with Crippen LogP contribution in [0.3, 0.4) is 0 Å². The van der Waals surface area contributed by atoms with Gasteiger partial charge in [0.25, 0.3) is 0 Å². The Morgan fingerprint density at radius 1 is 1.09 bits per heavy atom. The highest BCUT2D eigenvalue weighted by Crippen LogP contribution is 2.30. The zero-order valence-electron chi connectivity index (χ0n) is 20.7. The van der Waals surface area contributed by atoms with E-state index in [0.29, 0.717) is 29.3 Å². The van der Waals surface area contributed by atoms with Gasteiger partial charge in [-0.05, 0) is 36.6 Å². The number of carbonyl (C=O) groups excluding carboxylic acids is 2. The highest BCUT2D eigenvalue weighted by molar-refractivity contribution is 7.92. The van der Waals surface area contributed by atoms with E-state index in [1.807, 2.05) is 13.8 Å². The van der Waals surface area contributed by atoms with Gasteiger partial charge in [0.15, 0.2) is 0 Å². The second kappa shape index (κ2) is 13.3. The highest BCUT2D eigenvalue weighted by atomic mass is 35.5. The van der Waals surface area contributed by atoms with Gasteiger partial charge in [-0.3, -0.25) is 13.9 Å². The summed E-state index contributed by atoms with van der Waals surface area (Å²) in [6.07, 6.45) is 3.11. The highest BCUT2D eigenvalue weighted by Gasteiger charge is 2.32. The van der Waals surface area contributed by atoms with Gasteiger partial charge in [-0.2, -0.15) is 0 Å². The molecule has 1 N–H and O–H groups in total. The first kappa shape index (κ1) is 28.5. The number of nitrogens with zero attached hydrogens (tertiary/aromatic N) is 2. The number of hydrogen-bond acceptors (Lipinski definition) is 5. The van der Waals surface area contributed by atoms with Crippen molar-refractivity contribution in [3.8, 4) is 5.75 Å². The van der Waals surface area contributed by atoms with E-state index in [1.54, 1.807) is 48.5 Å². The summed E-state index contributed by atoms with van der Waals surface area (Å²) in [5.41, 5.74) is 0.898. The van der Waals surface area contributed by atoms with Gasteiger partial charge >= 0.3 is 0 Å². The largest absolute Gasteiger partial charge is 0.495 e. The Labute approximate surface area is 213 Å². The number of para-hydroxylation sites is 2. The van der Waals surface area contributed by atoms with Gasteiger partial charge in [0.05, 0.1) is 19.1 Å². The lowest BCUT2D eigenvalue weighted by Gasteiger charge is -2.33. The molecule has 192 valence electrons. The molecule has 0 aliphatic heterocycles. The van der Waals surface area contributed by atoms with E-state index < -0.39 is 28.5 Å². The average Bonchev–Trinajstić information content (AvgIpc) is 2.82. The number of amides is 2. The normalized spacial score (nSPS) is 12.0. The van der Waals surface area contributed by atoms with Gasteiger partial charge in [-0.1, -0.05) is 62.2 Å². The van der Waals surface area contributed by atoms with Crippen LogP contribution in [0.5, 0.6) is 5.75 Å². The Morgan fingerprint density at radius 3 is 2.34 bits per heavy atom. The Hall–Kier alpha value is -2.78. The number of halogens is 1. The monoisotopic (exact) mass is 523 g/mol. The maximum Gasteiger partial charge on any atom is 0.244 e. The molecule has 10 heteroatoms. The van der Waals surface area contributed by atoms with Gasteiger partial charge in [0.2, 0.25) is 21.8 Å². The fourth-order valence-electron chi connectivity index (χ4n) is 3.67. The second-order valence-corrected chi connectivity index (χ2v) is 10.4. The molecule has 0 saturated carbocycles. The van der Waals surface area contributed by atoms with Crippen molar-refractivity contribution in [2.24, 2.45) is 0 Å². The number of ether oxygens (including phenoxy) is 1. The number of rotatable bonds is 13. The molecule has 0 bridgehead atoms. The lowest BCUT2D eigenvalue weighted by atomic mass is 10.1. The minimum Gasteiger partial charge on any atom is -0.495 e. The van der Waals surface area contributed by atoms with Crippen molar-refractivity contribution in [1.29, 1.82) is 0 Å². The van der Waals surface area contributed by atoms with Crippen LogP contribution in [0.1, 0.15) is 38.7 Å². The quantitative estimate of drug-likeness (QED) is 0.402. The average molecular weight is 524 g/mol. The third-order valence-corrected chi connectivity index (χ3v) is 7.04. The lowest BCUT2D eigenvalue weighted by Crippen LogP contribution is -2.52. The minimum absolute atomic E-state index is 0.0573. The molecule has 2 rings (SSSR count). The van der Waals surface area contributed by atoms with E-state index in [1.165, 1.54) is 12.0 Å². The molecule has 2 aromatic rings. The van der Waals surface area contributed by atoms with Gasteiger partial charge in [0, 0.05) is 18.1 Å². The van der Waals surface area contributed by atoms with Crippen LogP contribution in [0.25, 0.3) is 0 Å². The number of hydrogen-bond donors (Lipinski definition) is 1. The predicted molar refractivity (Wildman–Crippen MR) is 139 cm³/mol. The first-order valence-electron chi connectivity index (χ1n) is 11.5. The van der Waals surface area contributed by atoms with Crippen LogP contribution >= 0.6 is 11.6 Å². The maximum atomic E-state index is 13.7. The number of sulfonamides is 1. The molecule has 0 unspecified atom stereocenters. The smallest absolute Gasteiger partial charge is 0.244 e. The molecule has 0 spiro atoms. The number of unbranched alkanes of at least 4 members (excludes halogenated alkanes) is 1. The summed E-state index contributed by atoms with van der Waals surface area (Å²) in [5, 5.41) is 3.34. The molecule has 0 radical (unpaired) electrons. The maximum absolute atomic E-state index is 13.7. The van der Waals surface area contributed by atoms with Gasteiger partial charge < -0.3 is 15.0 Å². The number of anilines is 1. The van der Waals surface area contributed by atoms with Crippen molar-refractivity contribution in [2.75, 3.05) is 30.8 Å². The van der Waals surface area contributed by atoms with E-state index >= 15 is 0 Å². The van der Waals surface area contributed by atoms with Crippen molar-refractivity contribution in [3.05, 3.63) is 59.1 Å². The SMILES string of the molecule is CCCCNC(=O)[C@H](CC)N(Cc1ccccc1Cl)C(=O)CN(c1ccccc1OC)S(C)(=O)=O. The van der Waals surface area contributed by atoms with Gasteiger partial charge in [-0.25, -0.2) is 8.42 Å². The van der Waals surface area contributed by atoms with Crippen LogP contribution in [-0.4, -0.2) is 57.6 Å². The minimum atomic E-state index is -3.85. The van der Waals surface area contributed by atoms with Crippen molar-refractivity contribution < 1.29 is 22.7 Å². The van der Waals surface area contributed by atoms with Crippen LogP contribution in [0.4, 0.5) is 5.69 Å². The van der Waals surface area contributed by atoms with Crippen LogP contribution in [0, 0.1) is 0 Å². The van der Waals surface area contributed by atoms with E-state index in [0.717, 1.165) is 23.4 Å². The summed E-state index contributed by atoms with van der Waals surface area (Å²) in [7, 11) is -2.42. The topological polar surface area (TPSA) is 96.0 Å². The third kappa shape index (κ3) is 7.86. The van der Waals surface area contributed by atoms with E-state index in [-0.39, 0.29) is 18.1 Å². The molecule has 2 aromatic carbocycles. The molecule has 8 nitrogen and oxygen atoms in total. The zero-order chi connectivity index (χ0) is 26.0. The second-order valence-electron chi connectivity index (χ2n) is 8.12. The molecule has 2 amide bonds. The van der Waals surface area contributed by atoms with Crippen molar-refractivity contribution >= 4 is 39.1 Å². The standard InChI is InChI=1S/C25H34ClN3O5S/c1-5-7-16-27-25(31)21(6-2)28(17-19-12-8-9-13-20(19)26)24(30)18-29(35(4,32)33)22-14-10-11-15-23(22)34-3/h8-15,21H,5-7,16-18H2,1-4H3,(H,27,31)/t21-/m0/s1. The summed E-state index contributed by atoms with van der Waals surface area (Å²) >= 11 is 6.36. The predicted octanol–water partition coefficient (Wildman–Crippen LogP) is 3.84. The summed E-state index contributed by atoms with van der Waals surface area (Å²) in [6.45, 7) is 3.89. The summed E-state index contributed by atoms with van der Waals surface area (Å²) in [5.74, 6) is -0.504. The first-order valence-corrected chi connectivity index (χ1v) is 13.8. The Morgan fingerprint density at radius 2 is 1.74 bits per heavy atom. The first-order chi connectivity index (χ1) is 16.6. The summed E-state index contributed by atoms with van der Waals surface area (Å²) < 4.78 is 31.8. The fraction of sp³-hybridized carbons (Fsp3) is 0.440. The molecular formula is C25H34ClN3O5S. The molecule has 0 aliphatic carbocycles. The molecule has 0 saturated heterocycles. The Bertz CT molecular complexity index is 1110. The molecule has 0 heterocycles. The molecule has 0 fully saturated rings. The molecular weight excluding hydrogens is 490 g/mol. The number of methoxy groups -OCH3 is 1. The molecule has 0 aromatic heterocycles. The van der Waals surface area contributed by atoms with E-state index in [4.69, 9.17) is 16.3 Å². The van der Waals surface area contributed by atoms with E-state index in [2.05, 4.69) is 5.32 Å². The lowest BCUT2D eigenvalue weighted by molar-refractivity contribution is -0.140. The summed E-state index contributed by atoms with van der Waals surface area (Å²) in [6, 6.07) is 12.8. The van der Waals surface area contributed by atoms with Crippen molar-refractivity contribution in [2.45, 2.75) is 45.7 Å².